The number of carbonyl (C=O) groups excluding carboxylic acids is 1. The van der Waals surface area contributed by atoms with Gasteiger partial charge in [-0.1, -0.05) is 22.0 Å². The highest BCUT2D eigenvalue weighted by Crippen LogP contribution is 2.16. The van der Waals surface area contributed by atoms with Gasteiger partial charge in [0.15, 0.2) is 5.69 Å². The van der Waals surface area contributed by atoms with Crippen LogP contribution in [0.15, 0.2) is 40.9 Å². The average Bonchev–Trinajstić information content (AvgIpc) is 2.38. The van der Waals surface area contributed by atoms with Crippen LogP contribution in [0.4, 0.5) is 11.5 Å². The van der Waals surface area contributed by atoms with Crippen molar-refractivity contribution in [3.05, 3.63) is 46.6 Å². The van der Waals surface area contributed by atoms with Crippen molar-refractivity contribution in [2.75, 3.05) is 10.6 Å². The number of carbonyl (C=O) groups is 1. The van der Waals surface area contributed by atoms with E-state index in [1.54, 1.807) is 12.1 Å². The SMILES string of the molecule is CC(C)Nc1ccc(C(=O)Nc2cccc(Br)c2)nn1. The predicted molar refractivity (Wildman–Crippen MR) is 82.9 cm³/mol. The van der Waals surface area contributed by atoms with Gasteiger partial charge in [0, 0.05) is 16.2 Å². The Kier molecular flexibility index (Phi) is 4.68. The molecule has 0 unspecified atom stereocenters. The number of amides is 1. The second-order valence-corrected chi connectivity index (χ2v) is 5.48. The van der Waals surface area contributed by atoms with Gasteiger partial charge >= 0.3 is 0 Å². The van der Waals surface area contributed by atoms with Crippen LogP contribution < -0.4 is 10.6 Å². The molecule has 2 N–H and O–H groups in total. The molecule has 0 aliphatic carbocycles. The van der Waals surface area contributed by atoms with Gasteiger partial charge in [0.25, 0.3) is 5.91 Å². The van der Waals surface area contributed by atoms with Crippen molar-refractivity contribution in [1.82, 2.24) is 10.2 Å². The highest BCUT2D eigenvalue weighted by molar-refractivity contribution is 9.10. The van der Waals surface area contributed by atoms with Crippen LogP contribution in [0.1, 0.15) is 24.3 Å². The van der Waals surface area contributed by atoms with Gasteiger partial charge in [-0.3, -0.25) is 4.79 Å². The molecule has 1 aromatic carbocycles. The van der Waals surface area contributed by atoms with Crippen molar-refractivity contribution < 1.29 is 4.79 Å². The lowest BCUT2D eigenvalue weighted by Gasteiger charge is -2.08. The number of benzene rings is 1. The lowest BCUT2D eigenvalue weighted by atomic mass is 10.3. The molecule has 1 heterocycles. The molecule has 0 radical (unpaired) electrons. The van der Waals surface area contributed by atoms with E-state index in [-0.39, 0.29) is 17.6 Å². The molecular weight excluding hydrogens is 320 g/mol. The number of hydrogen-bond acceptors (Lipinski definition) is 4. The summed E-state index contributed by atoms with van der Waals surface area (Å²) in [4.78, 5) is 12.0. The molecule has 0 aliphatic heterocycles. The summed E-state index contributed by atoms with van der Waals surface area (Å²) in [5, 5.41) is 13.8. The van der Waals surface area contributed by atoms with Crippen molar-refractivity contribution >= 4 is 33.3 Å². The number of halogens is 1. The van der Waals surface area contributed by atoms with Crippen LogP contribution in [0.3, 0.4) is 0 Å². The number of rotatable bonds is 4. The number of aromatic nitrogens is 2. The first-order valence-electron chi connectivity index (χ1n) is 6.22. The number of anilines is 2. The Hall–Kier alpha value is -1.95. The molecule has 0 aliphatic rings. The fraction of sp³-hybridized carbons (Fsp3) is 0.214. The van der Waals surface area contributed by atoms with Crippen LogP contribution in [-0.4, -0.2) is 22.1 Å². The Morgan fingerprint density at radius 2 is 2.00 bits per heavy atom. The minimum Gasteiger partial charge on any atom is -0.366 e. The van der Waals surface area contributed by atoms with Crippen LogP contribution in [0, 0.1) is 0 Å². The minimum atomic E-state index is -0.285. The molecule has 0 bridgehead atoms. The maximum atomic E-state index is 12.0. The van der Waals surface area contributed by atoms with E-state index in [0.717, 1.165) is 4.47 Å². The molecule has 0 atom stereocenters. The molecule has 1 amide bonds. The van der Waals surface area contributed by atoms with E-state index < -0.39 is 0 Å². The fourth-order valence-electron chi connectivity index (χ4n) is 1.59. The zero-order valence-electron chi connectivity index (χ0n) is 11.2. The maximum absolute atomic E-state index is 12.0. The Morgan fingerprint density at radius 1 is 1.20 bits per heavy atom. The first-order chi connectivity index (χ1) is 9.54. The van der Waals surface area contributed by atoms with Gasteiger partial charge in [0.2, 0.25) is 0 Å². The second-order valence-electron chi connectivity index (χ2n) is 4.57. The number of hydrogen-bond donors (Lipinski definition) is 2. The molecule has 0 saturated heterocycles. The predicted octanol–water partition coefficient (Wildman–Crippen LogP) is 3.31. The lowest BCUT2D eigenvalue weighted by molar-refractivity contribution is 0.102. The van der Waals surface area contributed by atoms with E-state index in [1.807, 2.05) is 38.1 Å². The van der Waals surface area contributed by atoms with Crippen molar-refractivity contribution in [3.8, 4) is 0 Å². The van der Waals surface area contributed by atoms with E-state index in [4.69, 9.17) is 0 Å². The van der Waals surface area contributed by atoms with E-state index in [0.29, 0.717) is 11.5 Å². The minimum absolute atomic E-state index is 0.269. The highest BCUT2D eigenvalue weighted by atomic mass is 79.9. The Labute approximate surface area is 125 Å². The maximum Gasteiger partial charge on any atom is 0.276 e. The van der Waals surface area contributed by atoms with Gasteiger partial charge in [-0.25, -0.2) is 0 Å². The molecular formula is C14H15BrN4O. The quantitative estimate of drug-likeness (QED) is 0.900. The summed E-state index contributed by atoms with van der Waals surface area (Å²) in [5.41, 5.74) is 0.981. The Balaban J connectivity index is 2.06. The van der Waals surface area contributed by atoms with Gasteiger partial charge in [-0.15, -0.1) is 10.2 Å². The van der Waals surface area contributed by atoms with Crippen molar-refractivity contribution in [1.29, 1.82) is 0 Å². The van der Waals surface area contributed by atoms with Gasteiger partial charge in [0.1, 0.15) is 5.82 Å². The Morgan fingerprint density at radius 3 is 2.60 bits per heavy atom. The average molecular weight is 335 g/mol. The molecule has 0 saturated carbocycles. The van der Waals surface area contributed by atoms with Crippen molar-refractivity contribution in [2.24, 2.45) is 0 Å². The van der Waals surface area contributed by atoms with Crippen LogP contribution in [-0.2, 0) is 0 Å². The van der Waals surface area contributed by atoms with Crippen LogP contribution in [0.25, 0.3) is 0 Å². The third-order valence-electron chi connectivity index (χ3n) is 2.42. The standard InChI is InChI=1S/C14H15BrN4O/c1-9(2)16-13-7-6-12(18-19-13)14(20)17-11-5-3-4-10(15)8-11/h3-9H,1-2H3,(H,16,19)(H,17,20). The topological polar surface area (TPSA) is 66.9 Å². The molecule has 2 rings (SSSR count). The first kappa shape index (κ1) is 14.5. The first-order valence-corrected chi connectivity index (χ1v) is 7.01. The van der Waals surface area contributed by atoms with E-state index in [1.165, 1.54) is 0 Å². The smallest absolute Gasteiger partial charge is 0.276 e. The van der Waals surface area contributed by atoms with Gasteiger partial charge in [-0.2, -0.15) is 0 Å². The molecule has 0 spiro atoms. The zero-order chi connectivity index (χ0) is 14.5. The summed E-state index contributed by atoms with van der Waals surface area (Å²) in [6, 6.07) is 11.0. The molecule has 6 heteroatoms. The van der Waals surface area contributed by atoms with Crippen LogP contribution >= 0.6 is 15.9 Å². The lowest BCUT2D eigenvalue weighted by Crippen LogP contribution is -2.16. The summed E-state index contributed by atoms with van der Waals surface area (Å²) < 4.78 is 0.901. The third-order valence-corrected chi connectivity index (χ3v) is 2.91. The van der Waals surface area contributed by atoms with Gasteiger partial charge in [-0.05, 0) is 44.2 Å². The Bertz CT molecular complexity index is 598. The van der Waals surface area contributed by atoms with Crippen molar-refractivity contribution in [3.63, 3.8) is 0 Å². The molecule has 5 nitrogen and oxygen atoms in total. The van der Waals surface area contributed by atoms with Gasteiger partial charge < -0.3 is 10.6 Å². The monoisotopic (exact) mass is 334 g/mol. The summed E-state index contributed by atoms with van der Waals surface area (Å²) in [7, 11) is 0. The van der Waals surface area contributed by atoms with E-state index in [9.17, 15) is 4.79 Å². The van der Waals surface area contributed by atoms with E-state index in [2.05, 4.69) is 36.8 Å². The van der Waals surface area contributed by atoms with Crippen LogP contribution in [0.2, 0.25) is 0 Å². The zero-order valence-corrected chi connectivity index (χ0v) is 12.8. The normalized spacial score (nSPS) is 10.4. The van der Waals surface area contributed by atoms with Crippen LogP contribution in [0.5, 0.6) is 0 Å². The van der Waals surface area contributed by atoms with Gasteiger partial charge in [0.05, 0.1) is 0 Å². The number of nitrogens with zero attached hydrogens (tertiary/aromatic N) is 2. The largest absolute Gasteiger partial charge is 0.366 e. The third kappa shape index (κ3) is 4.03. The highest BCUT2D eigenvalue weighted by Gasteiger charge is 2.09. The second kappa shape index (κ2) is 6.47. The van der Waals surface area contributed by atoms with E-state index >= 15 is 0 Å². The molecule has 104 valence electrons. The summed E-state index contributed by atoms with van der Waals surface area (Å²) in [6.07, 6.45) is 0. The summed E-state index contributed by atoms with van der Waals surface area (Å²) >= 11 is 3.35. The molecule has 2 aromatic rings. The summed E-state index contributed by atoms with van der Waals surface area (Å²) in [6.45, 7) is 4.02. The number of nitrogens with one attached hydrogen (secondary N) is 2. The summed E-state index contributed by atoms with van der Waals surface area (Å²) in [5.74, 6) is 0.366. The van der Waals surface area contributed by atoms with Crippen molar-refractivity contribution in [2.45, 2.75) is 19.9 Å². The molecule has 0 fully saturated rings. The molecule has 1 aromatic heterocycles. The molecule has 20 heavy (non-hydrogen) atoms. The fourth-order valence-corrected chi connectivity index (χ4v) is 1.99.